The number of carboxylic acid groups (broad SMARTS) is 1. The number of rotatable bonds is 10. The molecule has 8 heteroatoms. The van der Waals surface area contributed by atoms with Crippen LogP contribution in [0.25, 0.3) is 0 Å². The van der Waals surface area contributed by atoms with Gasteiger partial charge in [0.15, 0.2) is 0 Å². The third-order valence-electron chi connectivity index (χ3n) is 6.44. The van der Waals surface area contributed by atoms with Gasteiger partial charge in [0, 0.05) is 41.9 Å². The number of carbonyl (C=O) groups is 2. The van der Waals surface area contributed by atoms with E-state index in [1.807, 2.05) is 26.0 Å². The molecule has 0 bridgehead atoms. The molecule has 0 spiro atoms. The number of fused-ring (bicyclic) bond motifs is 1. The molecule has 2 rings (SSSR count). The van der Waals surface area contributed by atoms with E-state index in [0.717, 1.165) is 5.57 Å². The Balaban J connectivity index is 0.00000480. The normalized spacial score (nSPS) is 30.3. The van der Waals surface area contributed by atoms with E-state index in [1.54, 1.807) is 0 Å². The molecule has 0 unspecified atom stereocenters. The Hall–Kier alpha value is -0.700. The molecule has 7 nitrogen and oxygen atoms in total. The summed E-state index contributed by atoms with van der Waals surface area (Å²) in [6, 6.07) is 0. The van der Waals surface area contributed by atoms with Crippen molar-refractivity contribution in [3.8, 4) is 0 Å². The van der Waals surface area contributed by atoms with Gasteiger partial charge in [0.1, 0.15) is 6.10 Å². The predicted molar refractivity (Wildman–Crippen MR) is 117 cm³/mol. The minimum absolute atomic E-state index is 0. The Morgan fingerprint density at radius 2 is 1.94 bits per heavy atom. The van der Waals surface area contributed by atoms with Crippen LogP contribution in [0.2, 0.25) is 0 Å². The molecule has 2 aliphatic carbocycles. The van der Waals surface area contributed by atoms with Crippen molar-refractivity contribution >= 4 is 41.5 Å². The summed E-state index contributed by atoms with van der Waals surface area (Å²) in [6.07, 6.45) is 4.64. The quantitative estimate of drug-likeness (QED) is 0.298. The second kappa shape index (κ2) is 13.1. The molecule has 1 radical (unpaired) electrons. The van der Waals surface area contributed by atoms with Gasteiger partial charge in [-0.15, -0.1) is 0 Å². The van der Waals surface area contributed by atoms with Crippen molar-refractivity contribution < 1.29 is 34.8 Å². The van der Waals surface area contributed by atoms with E-state index in [1.165, 1.54) is 0 Å². The maximum atomic E-state index is 12.4. The second-order valence-electron chi connectivity index (χ2n) is 8.88. The van der Waals surface area contributed by atoms with Gasteiger partial charge in [-0.3, -0.25) is 9.59 Å². The van der Waals surface area contributed by atoms with Crippen molar-refractivity contribution in [3.05, 3.63) is 23.8 Å². The van der Waals surface area contributed by atoms with E-state index in [4.69, 9.17) is 9.84 Å². The molecular formula is C23H36NaO7. The standard InChI is InChI=1S/C23H36O7.Na/c1-4-13(2)23(29)30-20-11-17(25)9-15-6-5-14(3)19(22(15)20)8-7-16(24)10-18(26)12-21(27)28;/h5-6,9,13-14,16-20,22,24-26H,4,7-8,10-12H2,1-3H3,(H,27,28);/t13-,14-,16+,17+,18+,19-,20-,22-;/m0./s1. The Bertz CT molecular complexity index is 662. The number of esters is 1. The van der Waals surface area contributed by atoms with Crippen LogP contribution in [-0.4, -0.2) is 86.3 Å². The van der Waals surface area contributed by atoms with Gasteiger partial charge in [-0.05, 0) is 43.1 Å². The molecular weight excluding hydrogens is 411 g/mol. The molecule has 0 aromatic carbocycles. The molecule has 171 valence electrons. The Morgan fingerprint density at radius 3 is 2.55 bits per heavy atom. The van der Waals surface area contributed by atoms with Crippen LogP contribution >= 0.6 is 0 Å². The molecule has 0 fully saturated rings. The first-order valence-electron chi connectivity index (χ1n) is 11.0. The van der Waals surface area contributed by atoms with E-state index in [9.17, 15) is 24.9 Å². The molecule has 0 aromatic heterocycles. The van der Waals surface area contributed by atoms with Gasteiger partial charge in [0.05, 0.1) is 30.7 Å². The number of ether oxygens (including phenoxy) is 1. The number of aliphatic hydroxyl groups excluding tert-OH is 3. The molecule has 0 amide bonds. The molecule has 0 saturated carbocycles. The molecule has 2 aliphatic rings. The number of hydrogen-bond acceptors (Lipinski definition) is 6. The molecule has 8 atom stereocenters. The zero-order valence-electron chi connectivity index (χ0n) is 19.1. The fraction of sp³-hybridized carbons (Fsp3) is 0.739. The first-order chi connectivity index (χ1) is 14.1. The Morgan fingerprint density at radius 1 is 1.26 bits per heavy atom. The van der Waals surface area contributed by atoms with Gasteiger partial charge in [0.2, 0.25) is 0 Å². The molecule has 31 heavy (non-hydrogen) atoms. The smallest absolute Gasteiger partial charge is 0.308 e. The average molecular weight is 448 g/mol. The number of aliphatic hydroxyl groups is 3. The van der Waals surface area contributed by atoms with Crippen LogP contribution < -0.4 is 0 Å². The van der Waals surface area contributed by atoms with Crippen LogP contribution in [-0.2, 0) is 14.3 Å². The number of hydrogen-bond donors (Lipinski definition) is 4. The van der Waals surface area contributed by atoms with Crippen LogP contribution in [0.15, 0.2) is 23.8 Å². The first-order valence-corrected chi connectivity index (χ1v) is 11.0. The fourth-order valence-electron chi connectivity index (χ4n) is 4.52. The van der Waals surface area contributed by atoms with E-state index < -0.39 is 30.4 Å². The summed E-state index contributed by atoms with van der Waals surface area (Å²) >= 11 is 0. The predicted octanol–water partition coefficient (Wildman–Crippen LogP) is 2.06. The van der Waals surface area contributed by atoms with Crippen LogP contribution in [0, 0.1) is 23.7 Å². The van der Waals surface area contributed by atoms with E-state index in [2.05, 4.69) is 13.0 Å². The summed E-state index contributed by atoms with van der Waals surface area (Å²) < 4.78 is 5.84. The van der Waals surface area contributed by atoms with Crippen molar-refractivity contribution in [2.45, 2.75) is 83.7 Å². The number of carbonyl (C=O) groups excluding carboxylic acids is 1. The third-order valence-corrected chi connectivity index (χ3v) is 6.44. The van der Waals surface area contributed by atoms with E-state index in [0.29, 0.717) is 25.7 Å². The van der Waals surface area contributed by atoms with Gasteiger partial charge in [0.25, 0.3) is 0 Å². The first kappa shape index (κ1) is 28.3. The topological polar surface area (TPSA) is 124 Å². The minimum Gasteiger partial charge on any atom is -0.481 e. The Kier molecular flexibility index (Phi) is 12.0. The Labute approximate surface area is 206 Å². The van der Waals surface area contributed by atoms with Gasteiger partial charge in [-0.25, -0.2) is 0 Å². The molecule has 0 saturated heterocycles. The number of allylic oxidation sites excluding steroid dienone is 2. The van der Waals surface area contributed by atoms with Crippen LogP contribution in [0.5, 0.6) is 0 Å². The summed E-state index contributed by atoms with van der Waals surface area (Å²) in [5, 5.41) is 39.1. The van der Waals surface area contributed by atoms with E-state index >= 15 is 0 Å². The summed E-state index contributed by atoms with van der Waals surface area (Å²) in [5.74, 6) is -1.31. The van der Waals surface area contributed by atoms with Gasteiger partial charge in [-0.2, -0.15) is 0 Å². The maximum Gasteiger partial charge on any atom is 0.308 e. The second-order valence-corrected chi connectivity index (χ2v) is 8.88. The molecule has 0 aliphatic heterocycles. The van der Waals surface area contributed by atoms with Crippen molar-refractivity contribution in [2.75, 3.05) is 0 Å². The van der Waals surface area contributed by atoms with Crippen molar-refractivity contribution in [2.24, 2.45) is 23.7 Å². The SMILES string of the molecule is CC[C@H](C)C(=O)O[C@H]1C[C@H](O)C=C2C=C[C@H](C)[C@H](CC[C@@H](O)C[C@@H](O)CC(=O)O)[C@H]21.[Na]. The fourth-order valence-corrected chi connectivity index (χ4v) is 4.52. The molecule has 0 aromatic rings. The third kappa shape index (κ3) is 8.30. The summed E-state index contributed by atoms with van der Waals surface area (Å²) in [7, 11) is 0. The minimum atomic E-state index is -1.10. The van der Waals surface area contributed by atoms with Crippen LogP contribution in [0.4, 0.5) is 0 Å². The number of aliphatic carboxylic acids is 1. The zero-order valence-corrected chi connectivity index (χ0v) is 21.1. The van der Waals surface area contributed by atoms with Gasteiger partial charge < -0.3 is 25.2 Å². The summed E-state index contributed by atoms with van der Waals surface area (Å²) in [6.45, 7) is 5.85. The zero-order chi connectivity index (χ0) is 22.4. The van der Waals surface area contributed by atoms with Crippen LogP contribution in [0.1, 0.15) is 59.3 Å². The van der Waals surface area contributed by atoms with Crippen molar-refractivity contribution in [1.82, 2.24) is 0 Å². The van der Waals surface area contributed by atoms with Gasteiger partial charge in [-0.1, -0.05) is 39.0 Å². The van der Waals surface area contributed by atoms with Crippen molar-refractivity contribution in [3.63, 3.8) is 0 Å². The maximum absolute atomic E-state index is 12.4. The molecule has 4 N–H and O–H groups in total. The van der Waals surface area contributed by atoms with Gasteiger partial charge >= 0.3 is 11.9 Å². The average Bonchev–Trinajstić information content (AvgIpc) is 2.65. The largest absolute Gasteiger partial charge is 0.481 e. The van der Waals surface area contributed by atoms with Crippen LogP contribution in [0.3, 0.4) is 0 Å². The number of carboxylic acids is 1. The monoisotopic (exact) mass is 447 g/mol. The summed E-state index contributed by atoms with van der Waals surface area (Å²) in [4.78, 5) is 23.1. The molecule has 0 heterocycles. The van der Waals surface area contributed by atoms with Crippen molar-refractivity contribution in [1.29, 1.82) is 0 Å². The van der Waals surface area contributed by atoms with E-state index in [-0.39, 0.29) is 72.0 Å². The summed E-state index contributed by atoms with van der Waals surface area (Å²) in [5.41, 5.74) is 0.958.